The first kappa shape index (κ1) is 14.1. The molecule has 1 spiro atoms. The Balaban J connectivity index is 2.17. The molecule has 0 atom stereocenters. The molecule has 0 amide bonds. The van der Waals surface area contributed by atoms with Crippen LogP contribution in [0.1, 0.15) is 59.7 Å². The lowest BCUT2D eigenvalue weighted by Crippen LogP contribution is -2.48. The maximum absolute atomic E-state index is 12.6. The number of rotatable bonds is 1. The van der Waals surface area contributed by atoms with Crippen LogP contribution < -0.4 is 9.47 Å². The number of esters is 1. The van der Waals surface area contributed by atoms with E-state index in [4.69, 9.17) is 9.47 Å². The van der Waals surface area contributed by atoms with Crippen LogP contribution in [0, 0.1) is 20.8 Å². The van der Waals surface area contributed by atoms with Crippen molar-refractivity contribution in [3.05, 3.63) is 22.3 Å². The highest BCUT2D eigenvalue weighted by molar-refractivity contribution is 6.03. The molecule has 0 unspecified atom stereocenters. The van der Waals surface area contributed by atoms with Gasteiger partial charge in [0.2, 0.25) is 0 Å². The third-order valence-corrected chi connectivity index (χ3v) is 4.78. The second-order valence-electron chi connectivity index (χ2n) is 6.24. The third-order valence-electron chi connectivity index (χ3n) is 4.78. The summed E-state index contributed by atoms with van der Waals surface area (Å²) in [4.78, 5) is 23.9. The van der Waals surface area contributed by atoms with E-state index in [0.717, 1.165) is 30.4 Å². The molecule has 0 N–H and O–H groups in total. The molecule has 2 aliphatic rings. The minimum absolute atomic E-state index is 0.102. The molecule has 4 heteroatoms. The van der Waals surface area contributed by atoms with E-state index >= 15 is 0 Å². The van der Waals surface area contributed by atoms with Gasteiger partial charge in [0, 0.05) is 12.5 Å². The maximum atomic E-state index is 12.6. The van der Waals surface area contributed by atoms with Gasteiger partial charge in [-0.3, -0.25) is 9.59 Å². The van der Waals surface area contributed by atoms with Crippen LogP contribution >= 0.6 is 0 Å². The van der Waals surface area contributed by atoms with Gasteiger partial charge in [-0.25, -0.2) is 0 Å². The molecule has 0 bridgehead atoms. The Hall–Kier alpha value is -1.84. The van der Waals surface area contributed by atoms with E-state index in [9.17, 15) is 9.59 Å². The molecular weight excluding hydrogens is 268 g/mol. The van der Waals surface area contributed by atoms with Crippen molar-refractivity contribution >= 4 is 11.8 Å². The number of ketones is 1. The quantitative estimate of drug-likeness (QED) is 0.587. The van der Waals surface area contributed by atoms with E-state index < -0.39 is 0 Å². The molecule has 1 aromatic rings. The number of benzene rings is 1. The van der Waals surface area contributed by atoms with Crippen LogP contribution in [-0.2, 0) is 4.79 Å². The summed E-state index contributed by atoms with van der Waals surface area (Å²) >= 11 is 0. The van der Waals surface area contributed by atoms with Gasteiger partial charge in [-0.05, 0) is 51.2 Å². The number of Topliss-reactive ketones (excluding diaryl/α,β-unsaturated/α-hetero) is 1. The van der Waals surface area contributed by atoms with Crippen LogP contribution in [0.4, 0.5) is 0 Å². The van der Waals surface area contributed by atoms with Crippen LogP contribution in [0.15, 0.2) is 0 Å². The van der Waals surface area contributed by atoms with Crippen molar-refractivity contribution in [2.75, 3.05) is 0 Å². The Labute approximate surface area is 124 Å². The van der Waals surface area contributed by atoms with Crippen LogP contribution in [0.2, 0.25) is 0 Å². The Bertz CT molecular complexity index is 653. The van der Waals surface area contributed by atoms with Gasteiger partial charge in [-0.1, -0.05) is 0 Å². The molecule has 1 aliphatic heterocycles. The topological polar surface area (TPSA) is 52.6 Å². The summed E-state index contributed by atoms with van der Waals surface area (Å²) in [7, 11) is 0. The van der Waals surface area contributed by atoms with Crippen molar-refractivity contribution in [3.8, 4) is 11.5 Å². The zero-order valence-electron chi connectivity index (χ0n) is 13.0. The first-order valence-corrected chi connectivity index (χ1v) is 7.39. The molecule has 1 aromatic carbocycles. The van der Waals surface area contributed by atoms with E-state index in [2.05, 4.69) is 0 Å². The highest BCUT2D eigenvalue weighted by atomic mass is 16.5. The lowest BCUT2D eigenvalue weighted by Gasteiger charge is -2.45. The minimum Gasteiger partial charge on any atom is -0.486 e. The Morgan fingerprint density at radius 2 is 1.81 bits per heavy atom. The van der Waals surface area contributed by atoms with Crippen molar-refractivity contribution in [3.63, 3.8) is 0 Å². The number of carbonyl (C=O) groups excluding carboxylic acids is 2. The van der Waals surface area contributed by atoms with E-state index in [0.29, 0.717) is 29.0 Å². The molecule has 3 rings (SSSR count). The summed E-state index contributed by atoms with van der Waals surface area (Å²) < 4.78 is 11.5. The molecule has 112 valence electrons. The van der Waals surface area contributed by atoms with Gasteiger partial charge in [0.05, 0.1) is 12.0 Å². The van der Waals surface area contributed by atoms with Crippen molar-refractivity contribution < 1.29 is 19.1 Å². The fourth-order valence-corrected chi connectivity index (χ4v) is 3.34. The first-order chi connectivity index (χ1) is 9.84. The summed E-state index contributed by atoms with van der Waals surface area (Å²) in [6.07, 6.45) is 3.44. The number of fused-ring (bicyclic) bond motifs is 1. The largest absolute Gasteiger partial charge is 0.486 e. The standard InChI is InChI=1S/C17H20O4/c1-9-10(2)16-14(11(3)15(9)20-12(4)18)13(19)8-17(21-16)6-5-7-17/h5-8H2,1-4H3. The van der Waals surface area contributed by atoms with Crippen molar-refractivity contribution in [1.29, 1.82) is 0 Å². The number of hydrogen-bond acceptors (Lipinski definition) is 4. The summed E-state index contributed by atoms with van der Waals surface area (Å²) in [6.45, 7) is 7.02. The number of carbonyl (C=O) groups is 2. The molecule has 1 fully saturated rings. The summed E-state index contributed by atoms with van der Waals surface area (Å²) in [5, 5.41) is 0. The average molecular weight is 288 g/mol. The second kappa shape index (κ2) is 4.58. The van der Waals surface area contributed by atoms with E-state index in [1.807, 2.05) is 20.8 Å². The zero-order valence-corrected chi connectivity index (χ0v) is 13.0. The molecule has 0 radical (unpaired) electrons. The molecular formula is C17H20O4. The maximum Gasteiger partial charge on any atom is 0.308 e. The van der Waals surface area contributed by atoms with Gasteiger partial charge in [0.1, 0.15) is 17.1 Å². The van der Waals surface area contributed by atoms with Gasteiger partial charge >= 0.3 is 5.97 Å². The zero-order chi connectivity index (χ0) is 15.4. The van der Waals surface area contributed by atoms with Gasteiger partial charge in [0.15, 0.2) is 5.78 Å². The van der Waals surface area contributed by atoms with E-state index in [-0.39, 0.29) is 17.4 Å². The fraction of sp³-hybridized carbons (Fsp3) is 0.529. The van der Waals surface area contributed by atoms with Gasteiger partial charge < -0.3 is 9.47 Å². The minimum atomic E-state index is -0.375. The molecule has 0 aromatic heterocycles. The van der Waals surface area contributed by atoms with E-state index in [1.54, 1.807) is 0 Å². The lowest BCUT2D eigenvalue weighted by atomic mass is 9.73. The average Bonchev–Trinajstić information content (AvgIpc) is 2.38. The molecule has 4 nitrogen and oxygen atoms in total. The SMILES string of the molecule is CC(=O)Oc1c(C)c(C)c2c(c1C)C(=O)CC1(CCC1)O2. The summed E-state index contributed by atoms with van der Waals surface area (Å²) in [6, 6.07) is 0. The number of hydrogen-bond donors (Lipinski definition) is 0. The van der Waals surface area contributed by atoms with Gasteiger partial charge in [-0.15, -0.1) is 0 Å². The van der Waals surface area contributed by atoms with Crippen LogP contribution in [0.25, 0.3) is 0 Å². The van der Waals surface area contributed by atoms with Crippen molar-refractivity contribution in [2.24, 2.45) is 0 Å². The molecule has 1 saturated carbocycles. The molecule has 1 heterocycles. The smallest absolute Gasteiger partial charge is 0.308 e. The molecule has 1 aliphatic carbocycles. The Kier molecular flexibility index (Phi) is 3.08. The third kappa shape index (κ3) is 2.04. The Morgan fingerprint density at radius 1 is 1.14 bits per heavy atom. The highest BCUT2D eigenvalue weighted by Crippen LogP contribution is 2.49. The summed E-state index contributed by atoms with van der Waals surface area (Å²) in [5.41, 5.74) is 2.78. The predicted molar refractivity (Wildman–Crippen MR) is 78.1 cm³/mol. The highest BCUT2D eigenvalue weighted by Gasteiger charge is 2.46. The summed E-state index contributed by atoms with van der Waals surface area (Å²) in [5.74, 6) is 0.919. The monoisotopic (exact) mass is 288 g/mol. The normalized spacial score (nSPS) is 18.8. The number of ether oxygens (including phenoxy) is 2. The second-order valence-corrected chi connectivity index (χ2v) is 6.24. The van der Waals surface area contributed by atoms with Gasteiger partial charge in [0.25, 0.3) is 0 Å². The first-order valence-electron chi connectivity index (χ1n) is 7.39. The van der Waals surface area contributed by atoms with Crippen molar-refractivity contribution in [1.82, 2.24) is 0 Å². The fourth-order valence-electron chi connectivity index (χ4n) is 3.34. The molecule has 0 saturated heterocycles. The van der Waals surface area contributed by atoms with Crippen LogP contribution in [0.5, 0.6) is 11.5 Å². The van der Waals surface area contributed by atoms with Crippen molar-refractivity contribution in [2.45, 2.75) is 59.0 Å². The van der Waals surface area contributed by atoms with Crippen LogP contribution in [-0.4, -0.2) is 17.4 Å². The lowest BCUT2D eigenvalue weighted by molar-refractivity contribution is -0.132. The van der Waals surface area contributed by atoms with Gasteiger partial charge in [-0.2, -0.15) is 0 Å². The molecule has 21 heavy (non-hydrogen) atoms. The van der Waals surface area contributed by atoms with Crippen LogP contribution in [0.3, 0.4) is 0 Å². The predicted octanol–water partition coefficient (Wildman–Crippen LogP) is 3.43. The Morgan fingerprint density at radius 3 is 2.33 bits per heavy atom. The van der Waals surface area contributed by atoms with E-state index in [1.165, 1.54) is 6.92 Å².